The van der Waals surface area contributed by atoms with Crippen LogP contribution in [0.3, 0.4) is 0 Å². The van der Waals surface area contributed by atoms with E-state index >= 15 is 0 Å². The summed E-state index contributed by atoms with van der Waals surface area (Å²) in [5, 5.41) is 3.11. The molecular weight excluding hydrogens is 505 g/mol. The maximum atomic E-state index is 12.6. The van der Waals surface area contributed by atoms with Gasteiger partial charge in [0.25, 0.3) is 0 Å². The lowest BCUT2D eigenvalue weighted by atomic mass is 10.1. The highest BCUT2D eigenvalue weighted by Crippen LogP contribution is 2.14. The minimum atomic E-state index is -0.553. The minimum absolute atomic E-state index is 0. The molecule has 0 saturated heterocycles. The van der Waals surface area contributed by atoms with Gasteiger partial charge in [0.1, 0.15) is 5.60 Å². The summed E-state index contributed by atoms with van der Waals surface area (Å²) in [6.45, 7) is 11.1. The zero-order valence-electron chi connectivity index (χ0n) is 19.0. The third kappa shape index (κ3) is 9.99. The van der Waals surface area contributed by atoms with Crippen molar-refractivity contribution in [3.63, 3.8) is 0 Å². The Hall–Kier alpha value is -2.36. The van der Waals surface area contributed by atoms with Crippen LogP contribution in [0.1, 0.15) is 43.9 Å². The van der Waals surface area contributed by atoms with Crippen molar-refractivity contribution in [1.29, 1.82) is 0 Å². The lowest BCUT2D eigenvalue weighted by Crippen LogP contribution is -2.37. The van der Waals surface area contributed by atoms with Crippen LogP contribution in [0.4, 0.5) is 10.5 Å². The third-order valence-corrected chi connectivity index (χ3v) is 4.40. The quantitative estimate of drug-likeness (QED) is 0.227. The summed E-state index contributed by atoms with van der Waals surface area (Å²) in [4.78, 5) is 22.8. The molecule has 1 aromatic heterocycles. The van der Waals surface area contributed by atoms with Gasteiger partial charge in [0.2, 0.25) is 0 Å². The number of benzene rings is 1. The Morgan fingerprint density at radius 1 is 1.23 bits per heavy atom. The van der Waals surface area contributed by atoms with Gasteiger partial charge in [0, 0.05) is 31.2 Å². The Balaban J connectivity index is 0.00000480. The maximum absolute atomic E-state index is 12.6. The highest BCUT2D eigenvalue weighted by atomic mass is 127. The molecule has 0 fully saturated rings. The highest BCUT2D eigenvalue weighted by molar-refractivity contribution is 14.0. The zero-order valence-corrected chi connectivity index (χ0v) is 21.3. The first kappa shape index (κ1) is 26.7. The average molecular weight is 539 g/mol. The van der Waals surface area contributed by atoms with Crippen molar-refractivity contribution in [2.75, 3.05) is 18.4 Å². The number of guanidine groups is 1. The molecule has 0 radical (unpaired) electrons. The normalized spacial score (nSPS) is 11.5. The van der Waals surface area contributed by atoms with Crippen LogP contribution in [-0.2, 0) is 11.3 Å². The molecule has 0 aliphatic rings. The molecule has 31 heavy (non-hydrogen) atoms. The number of pyridine rings is 1. The molecule has 7 nitrogen and oxygen atoms in total. The summed E-state index contributed by atoms with van der Waals surface area (Å²) < 4.78 is 5.54. The number of nitrogens with one attached hydrogen (secondary N) is 1. The van der Waals surface area contributed by atoms with Crippen LogP contribution in [0, 0.1) is 13.8 Å². The third-order valence-electron chi connectivity index (χ3n) is 4.40. The lowest BCUT2D eigenvalue weighted by molar-refractivity contribution is 0.0232. The number of aryl methyl sites for hydroxylation is 2. The molecule has 1 amide bonds. The van der Waals surface area contributed by atoms with E-state index in [9.17, 15) is 4.79 Å². The van der Waals surface area contributed by atoms with Gasteiger partial charge in [-0.2, -0.15) is 0 Å². The molecular formula is C23H34IN5O2. The number of ether oxygens (including phenoxy) is 1. The molecule has 1 heterocycles. The molecule has 2 aromatic rings. The predicted octanol–water partition coefficient (Wildman–Crippen LogP) is 4.87. The Bertz CT molecular complexity index is 866. The number of anilines is 1. The Morgan fingerprint density at radius 2 is 1.97 bits per heavy atom. The van der Waals surface area contributed by atoms with E-state index in [0.717, 1.165) is 11.3 Å². The zero-order chi connectivity index (χ0) is 22.1. The fourth-order valence-corrected chi connectivity index (χ4v) is 2.74. The number of nitrogens with zero attached hydrogens (tertiary/aromatic N) is 3. The molecule has 0 spiro atoms. The summed E-state index contributed by atoms with van der Waals surface area (Å²) in [7, 11) is 0. The van der Waals surface area contributed by atoms with Crippen LogP contribution in [0.25, 0.3) is 0 Å². The van der Waals surface area contributed by atoms with Gasteiger partial charge in [-0.1, -0.05) is 12.1 Å². The van der Waals surface area contributed by atoms with E-state index in [0.29, 0.717) is 32.0 Å². The number of hydrogen-bond donors (Lipinski definition) is 2. The van der Waals surface area contributed by atoms with E-state index < -0.39 is 5.60 Å². The van der Waals surface area contributed by atoms with Crippen molar-refractivity contribution in [2.24, 2.45) is 10.7 Å². The molecule has 0 atom stereocenters. The molecule has 170 valence electrons. The number of aliphatic imine (C=N–C) groups is 1. The van der Waals surface area contributed by atoms with Crippen LogP contribution >= 0.6 is 24.0 Å². The molecule has 1 aromatic carbocycles. The first-order valence-electron chi connectivity index (χ1n) is 10.1. The number of rotatable bonds is 7. The Kier molecular flexibility index (Phi) is 10.7. The summed E-state index contributed by atoms with van der Waals surface area (Å²) in [5.74, 6) is 0.356. The van der Waals surface area contributed by atoms with Crippen molar-refractivity contribution in [3.05, 3.63) is 59.4 Å². The van der Waals surface area contributed by atoms with Crippen LogP contribution in [0.15, 0.2) is 47.7 Å². The van der Waals surface area contributed by atoms with Crippen molar-refractivity contribution in [2.45, 2.75) is 53.2 Å². The number of halogens is 1. The first-order chi connectivity index (χ1) is 14.1. The van der Waals surface area contributed by atoms with Gasteiger partial charge < -0.3 is 20.7 Å². The van der Waals surface area contributed by atoms with Crippen LogP contribution < -0.4 is 11.1 Å². The summed E-state index contributed by atoms with van der Waals surface area (Å²) in [6.07, 6.45) is 3.77. The van der Waals surface area contributed by atoms with E-state index in [-0.39, 0.29) is 30.1 Å². The Morgan fingerprint density at radius 3 is 2.58 bits per heavy atom. The van der Waals surface area contributed by atoms with E-state index in [2.05, 4.69) is 29.1 Å². The van der Waals surface area contributed by atoms with Gasteiger partial charge >= 0.3 is 6.09 Å². The Labute approximate surface area is 202 Å². The number of amides is 1. The fourth-order valence-electron chi connectivity index (χ4n) is 2.74. The molecule has 0 saturated carbocycles. The molecule has 3 N–H and O–H groups in total. The molecule has 0 aliphatic carbocycles. The molecule has 0 bridgehead atoms. The van der Waals surface area contributed by atoms with E-state index in [4.69, 9.17) is 10.5 Å². The second-order valence-corrected chi connectivity index (χ2v) is 8.31. The van der Waals surface area contributed by atoms with Gasteiger partial charge in [0.05, 0.1) is 6.54 Å². The van der Waals surface area contributed by atoms with Crippen molar-refractivity contribution in [3.8, 4) is 0 Å². The van der Waals surface area contributed by atoms with E-state index in [1.54, 1.807) is 17.3 Å². The standard InChI is InChI=1S/C23H33N5O2.HI/c1-17-9-10-20(14-18(17)2)27-21(24)26-12-7-13-28(22(29)30-23(3,4)5)16-19-8-6-11-25-15-19;/h6,8-11,14-15H,7,12-13,16H2,1-5H3,(H3,24,26,27);1H. The SMILES string of the molecule is Cc1ccc(NC(N)=NCCCN(Cc2cccnc2)C(=O)OC(C)(C)C)cc1C.I. The van der Waals surface area contributed by atoms with Crippen LogP contribution in [-0.4, -0.2) is 40.6 Å². The largest absolute Gasteiger partial charge is 0.444 e. The van der Waals surface area contributed by atoms with Gasteiger partial charge in [-0.3, -0.25) is 9.98 Å². The van der Waals surface area contributed by atoms with E-state index in [1.165, 1.54) is 11.1 Å². The highest BCUT2D eigenvalue weighted by Gasteiger charge is 2.22. The minimum Gasteiger partial charge on any atom is -0.444 e. The number of carbonyl (C=O) groups is 1. The lowest BCUT2D eigenvalue weighted by Gasteiger charge is -2.27. The van der Waals surface area contributed by atoms with Crippen LogP contribution in [0.5, 0.6) is 0 Å². The first-order valence-corrected chi connectivity index (χ1v) is 10.1. The summed E-state index contributed by atoms with van der Waals surface area (Å²) >= 11 is 0. The van der Waals surface area contributed by atoms with Crippen molar-refractivity contribution in [1.82, 2.24) is 9.88 Å². The second kappa shape index (κ2) is 12.5. The molecule has 0 unspecified atom stereocenters. The summed E-state index contributed by atoms with van der Waals surface area (Å²) in [6, 6.07) is 9.85. The average Bonchev–Trinajstić information content (AvgIpc) is 2.66. The topological polar surface area (TPSA) is 92.8 Å². The van der Waals surface area contributed by atoms with Gasteiger partial charge in [-0.25, -0.2) is 4.79 Å². The van der Waals surface area contributed by atoms with Gasteiger partial charge in [-0.15, -0.1) is 24.0 Å². The molecule has 0 aliphatic heterocycles. The monoisotopic (exact) mass is 539 g/mol. The van der Waals surface area contributed by atoms with Gasteiger partial charge in [0.15, 0.2) is 5.96 Å². The number of aromatic nitrogens is 1. The van der Waals surface area contributed by atoms with Crippen molar-refractivity contribution < 1.29 is 9.53 Å². The smallest absolute Gasteiger partial charge is 0.410 e. The second-order valence-electron chi connectivity index (χ2n) is 8.31. The summed E-state index contributed by atoms with van der Waals surface area (Å²) in [5.41, 5.74) is 9.73. The van der Waals surface area contributed by atoms with Gasteiger partial charge in [-0.05, 0) is 75.9 Å². The molecule has 2 rings (SSSR count). The fraction of sp³-hybridized carbons (Fsp3) is 0.435. The molecule has 8 heteroatoms. The van der Waals surface area contributed by atoms with Crippen molar-refractivity contribution >= 4 is 41.7 Å². The predicted molar refractivity (Wildman–Crippen MR) is 137 cm³/mol. The number of nitrogens with two attached hydrogens (primary N) is 1. The number of carbonyl (C=O) groups excluding carboxylic acids is 1. The number of hydrogen-bond acceptors (Lipinski definition) is 4. The van der Waals surface area contributed by atoms with E-state index in [1.807, 2.05) is 51.1 Å². The maximum Gasteiger partial charge on any atom is 0.410 e. The van der Waals surface area contributed by atoms with Crippen LogP contribution in [0.2, 0.25) is 0 Å².